The SMILES string of the molecule is CC1=C(C)C[C@@H](C(=O)NC2CCCCCC2)[C@@H](C(=O)[O-])C1. The monoisotopic (exact) mass is 292 g/mol. The Morgan fingerprint density at radius 2 is 1.48 bits per heavy atom. The Morgan fingerprint density at radius 3 is 2.00 bits per heavy atom. The summed E-state index contributed by atoms with van der Waals surface area (Å²) in [4.78, 5) is 23.9. The van der Waals surface area contributed by atoms with E-state index in [2.05, 4.69) is 5.32 Å². The van der Waals surface area contributed by atoms with Crippen LogP contribution in [0.4, 0.5) is 0 Å². The van der Waals surface area contributed by atoms with Gasteiger partial charge < -0.3 is 15.2 Å². The summed E-state index contributed by atoms with van der Waals surface area (Å²) in [6.07, 6.45) is 7.79. The van der Waals surface area contributed by atoms with E-state index in [1.807, 2.05) is 13.8 Å². The number of carbonyl (C=O) groups is 2. The minimum Gasteiger partial charge on any atom is -0.550 e. The lowest BCUT2D eigenvalue weighted by atomic mass is 9.76. The summed E-state index contributed by atoms with van der Waals surface area (Å²) in [6.45, 7) is 3.94. The quantitative estimate of drug-likeness (QED) is 0.638. The first-order valence-electron chi connectivity index (χ1n) is 8.15. The van der Waals surface area contributed by atoms with Gasteiger partial charge in [-0.1, -0.05) is 36.8 Å². The Morgan fingerprint density at radius 1 is 0.952 bits per heavy atom. The number of amides is 1. The van der Waals surface area contributed by atoms with Gasteiger partial charge in [0.15, 0.2) is 0 Å². The molecule has 118 valence electrons. The van der Waals surface area contributed by atoms with Gasteiger partial charge in [0, 0.05) is 23.8 Å². The molecule has 0 aromatic rings. The van der Waals surface area contributed by atoms with Crippen LogP contribution in [0, 0.1) is 11.8 Å². The van der Waals surface area contributed by atoms with Crippen LogP contribution in [0.15, 0.2) is 11.1 Å². The molecule has 1 amide bonds. The van der Waals surface area contributed by atoms with Gasteiger partial charge in [-0.05, 0) is 39.5 Å². The second kappa shape index (κ2) is 7.10. The van der Waals surface area contributed by atoms with E-state index in [9.17, 15) is 14.7 Å². The Bertz CT molecular complexity index is 433. The molecule has 0 heterocycles. The molecule has 0 aliphatic heterocycles. The lowest BCUT2D eigenvalue weighted by Gasteiger charge is -2.33. The average molecular weight is 292 g/mol. The zero-order chi connectivity index (χ0) is 15.4. The maximum absolute atomic E-state index is 12.5. The van der Waals surface area contributed by atoms with E-state index in [0.717, 1.165) is 36.8 Å². The molecule has 1 saturated carbocycles. The van der Waals surface area contributed by atoms with Crippen LogP contribution in [0.5, 0.6) is 0 Å². The minimum absolute atomic E-state index is 0.0945. The maximum Gasteiger partial charge on any atom is 0.224 e. The van der Waals surface area contributed by atoms with Crippen molar-refractivity contribution in [2.75, 3.05) is 0 Å². The number of carboxylic acids is 1. The first-order chi connectivity index (χ1) is 9.99. The van der Waals surface area contributed by atoms with E-state index < -0.39 is 17.8 Å². The molecule has 4 heteroatoms. The van der Waals surface area contributed by atoms with Gasteiger partial charge in [0.2, 0.25) is 5.91 Å². The minimum atomic E-state index is -1.09. The molecule has 1 N–H and O–H groups in total. The smallest absolute Gasteiger partial charge is 0.224 e. The van der Waals surface area contributed by atoms with Crippen LogP contribution in [0.2, 0.25) is 0 Å². The molecule has 1 fully saturated rings. The molecule has 0 bridgehead atoms. The summed E-state index contributed by atoms with van der Waals surface area (Å²) >= 11 is 0. The third-order valence-corrected chi connectivity index (χ3v) is 5.11. The van der Waals surface area contributed by atoms with Crippen molar-refractivity contribution < 1.29 is 14.7 Å². The van der Waals surface area contributed by atoms with Crippen molar-refractivity contribution >= 4 is 11.9 Å². The van der Waals surface area contributed by atoms with Crippen molar-refractivity contribution in [2.45, 2.75) is 71.3 Å². The Kier molecular flexibility index (Phi) is 5.43. The summed E-state index contributed by atoms with van der Waals surface area (Å²) in [5.41, 5.74) is 2.23. The van der Waals surface area contributed by atoms with E-state index in [1.54, 1.807) is 0 Å². The van der Waals surface area contributed by atoms with Gasteiger partial charge in [0.1, 0.15) is 0 Å². The van der Waals surface area contributed by atoms with Gasteiger partial charge >= 0.3 is 0 Å². The van der Waals surface area contributed by atoms with E-state index >= 15 is 0 Å². The Balaban J connectivity index is 2.03. The number of carboxylic acid groups (broad SMARTS) is 1. The number of allylic oxidation sites excluding steroid dienone is 2. The van der Waals surface area contributed by atoms with Crippen LogP contribution in [0.3, 0.4) is 0 Å². The highest BCUT2D eigenvalue weighted by Gasteiger charge is 2.34. The first kappa shape index (κ1) is 16.1. The lowest BCUT2D eigenvalue weighted by Crippen LogP contribution is -2.47. The molecule has 21 heavy (non-hydrogen) atoms. The van der Waals surface area contributed by atoms with Gasteiger partial charge in [0.25, 0.3) is 0 Å². The van der Waals surface area contributed by atoms with Crippen LogP contribution >= 0.6 is 0 Å². The number of nitrogens with one attached hydrogen (secondary N) is 1. The number of hydrogen-bond donors (Lipinski definition) is 1. The summed E-state index contributed by atoms with van der Waals surface area (Å²) in [7, 11) is 0. The van der Waals surface area contributed by atoms with E-state index in [0.29, 0.717) is 12.8 Å². The molecule has 0 unspecified atom stereocenters. The van der Waals surface area contributed by atoms with Crippen LogP contribution in [0.1, 0.15) is 65.2 Å². The number of aliphatic carboxylic acids is 1. The topological polar surface area (TPSA) is 69.2 Å². The van der Waals surface area contributed by atoms with E-state index in [1.165, 1.54) is 12.8 Å². The zero-order valence-corrected chi connectivity index (χ0v) is 13.1. The van der Waals surface area contributed by atoms with Crippen LogP contribution < -0.4 is 10.4 Å². The first-order valence-corrected chi connectivity index (χ1v) is 8.15. The highest BCUT2D eigenvalue weighted by molar-refractivity contribution is 5.85. The molecule has 0 spiro atoms. The van der Waals surface area contributed by atoms with Gasteiger partial charge in [-0.15, -0.1) is 0 Å². The fourth-order valence-electron chi connectivity index (χ4n) is 3.55. The Labute approximate surface area is 127 Å². The predicted octanol–water partition coefficient (Wildman–Crippen LogP) is 1.94. The van der Waals surface area contributed by atoms with Crippen molar-refractivity contribution in [3.63, 3.8) is 0 Å². The molecule has 2 atom stereocenters. The normalized spacial score (nSPS) is 28.1. The van der Waals surface area contributed by atoms with Crippen LogP contribution in [-0.4, -0.2) is 17.9 Å². The number of hydrogen-bond acceptors (Lipinski definition) is 3. The highest BCUT2D eigenvalue weighted by atomic mass is 16.4. The van der Waals surface area contributed by atoms with Crippen molar-refractivity contribution in [2.24, 2.45) is 11.8 Å². The summed E-state index contributed by atoms with van der Waals surface area (Å²) in [5.74, 6) is -2.34. The fraction of sp³-hybridized carbons (Fsp3) is 0.765. The molecule has 4 nitrogen and oxygen atoms in total. The summed E-state index contributed by atoms with van der Waals surface area (Å²) in [5, 5.41) is 14.5. The van der Waals surface area contributed by atoms with Gasteiger partial charge in [-0.3, -0.25) is 4.79 Å². The average Bonchev–Trinajstić information content (AvgIpc) is 2.69. The number of rotatable bonds is 3. The van der Waals surface area contributed by atoms with E-state index in [-0.39, 0.29) is 11.9 Å². The molecule has 0 radical (unpaired) electrons. The summed E-state index contributed by atoms with van der Waals surface area (Å²) in [6, 6.07) is 0.217. The van der Waals surface area contributed by atoms with Crippen molar-refractivity contribution in [1.29, 1.82) is 0 Å². The Hall–Kier alpha value is -1.32. The largest absolute Gasteiger partial charge is 0.550 e. The molecule has 0 aromatic carbocycles. The maximum atomic E-state index is 12.5. The standard InChI is InChI=1S/C17H27NO3/c1-11-9-14(15(17(20)21)10-12(11)2)16(19)18-13-7-5-3-4-6-8-13/h13-15H,3-10H2,1-2H3,(H,18,19)(H,20,21)/p-1/t14-,15+/m1/s1. The molecule has 0 aromatic heterocycles. The summed E-state index contributed by atoms with van der Waals surface area (Å²) < 4.78 is 0. The number of carbonyl (C=O) groups excluding carboxylic acids is 2. The predicted molar refractivity (Wildman–Crippen MR) is 79.2 cm³/mol. The highest BCUT2D eigenvalue weighted by Crippen LogP contribution is 2.34. The molecule has 2 aliphatic carbocycles. The zero-order valence-electron chi connectivity index (χ0n) is 13.1. The molecular formula is C17H26NO3-. The van der Waals surface area contributed by atoms with Crippen molar-refractivity contribution in [3.8, 4) is 0 Å². The van der Waals surface area contributed by atoms with Gasteiger partial charge in [-0.25, -0.2) is 0 Å². The van der Waals surface area contributed by atoms with Crippen LogP contribution in [0.25, 0.3) is 0 Å². The lowest BCUT2D eigenvalue weighted by molar-refractivity contribution is -0.313. The third-order valence-electron chi connectivity index (χ3n) is 5.11. The second-order valence-corrected chi connectivity index (χ2v) is 6.70. The van der Waals surface area contributed by atoms with Gasteiger partial charge in [-0.2, -0.15) is 0 Å². The second-order valence-electron chi connectivity index (χ2n) is 6.70. The fourth-order valence-corrected chi connectivity index (χ4v) is 3.55. The van der Waals surface area contributed by atoms with Crippen molar-refractivity contribution in [1.82, 2.24) is 5.32 Å². The van der Waals surface area contributed by atoms with Crippen molar-refractivity contribution in [3.05, 3.63) is 11.1 Å². The molecule has 2 aliphatic rings. The molecular weight excluding hydrogens is 266 g/mol. The third kappa shape index (κ3) is 4.08. The van der Waals surface area contributed by atoms with Gasteiger partial charge in [0.05, 0.1) is 0 Å². The molecule has 0 saturated heterocycles. The van der Waals surface area contributed by atoms with Crippen LogP contribution in [-0.2, 0) is 9.59 Å². The van der Waals surface area contributed by atoms with E-state index in [4.69, 9.17) is 0 Å². The molecule has 2 rings (SSSR count).